The van der Waals surface area contributed by atoms with Crippen LogP contribution in [0, 0.1) is 6.92 Å². The van der Waals surface area contributed by atoms with Crippen molar-refractivity contribution in [1.82, 2.24) is 9.78 Å². The summed E-state index contributed by atoms with van der Waals surface area (Å²) in [6.07, 6.45) is 0. The van der Waals surface area contributed by atoms with Crippen molar-refractivity contribution >= 4 is 5.97 Å². The minimum absolute atomic E-state index is 0.333. The molecule has 0 radical (unpaired) electrons. The number of rotatable bonds is 3. The molecule has 104 valence electrons. The molecule has 0 saturated carbocycles. The second-order valence-electron chi connectivity index (χ2n) is 4.52. The third-order valence-corrected chi connectivity index (χ3v) is 3.16. The number of hydrogen-bond acceptors (Lipinski definition) is 4. The van der Waals surface area contributed by atoms with Crippen LogP contribution in [-0.4, -0.2) is 22.9 Å². The van der Waals surface area contributed by atoms with Gasteiger partial charge >= 0.3 is 5.97 Å². The second kappa shape index (κ2) is 5.69. The molecule has 0 N–H and O–H groups in total. The molecule has 0 saturated heterocycles. The predicted octanol–water partition coefficient (Wildman–Crippen LogP) is 1.95. The molecule has 0 spiro atoms. The van der Waals surface area contributed by atoms with Gasteiger partial charge in [-0.15, -0.1) is 0 Å². The third-order valence-electron chi connectivity index (χ3n) is 3.16. The van der Waals surface area contributed by atoms with Gasteiger partial charge in [0.2, 0.25) is 0 Å². The van der Waals surface area contributed by atoms with Gasteiger partial charge in [0, 0.05) is 11.6 Å². The topological polar surface area (TPSA) is 61.2 Å². The monoisotopic (exact) mass is 272 g/mol. The van der Waals surface area contributed by atoms with Gasteiger partial charge in [0.1, 0.15) is 0 Å². The first-order chi connectivity index (χ1) is 9.54. The maximum atomic E-state index is 11.8. The fourth-order valence-corrected chi connectivity index (χ4v) is 1.98. The molecule has 1 heterocycles. The summed E-state index contributed by atoms with van der Waals surface area (Å²) in [6, 6.07) is 10.1. The Balaban J connectivity index is 2.52. The zero-order valence-corrected chi connectivity index (χ0v) is 11.7. The summed E-state index contributed by atoms with van der Waals surface area (Å²) in [5.41, 5.74) is 2.30. The number of carbonyl (C=O) groups is 1. The van der Waals surface area contributed by atoms with E-state index in [1.54, 1.807) is 13.0 Å². The van der Waals surface area contributed by atoms with Crippen molar-refractivity contribution in [2.75, 3.05) is 7.11 Å². The van der Waals surface area contributed by atoms with Crippen LogP contribution >= 0.6 is 0 Å². The highest BCUT2D eigenvalue weighted by atomic mass is 16.5. The van der Waals surface area contributed by atoms with Crippen LogP contribution in [0.5, 0.6) is 0 Å². The fraction of sp³-hybridized carbons (Fsp3) is 0.267. The number of hydrogen-bond donors (Lipinski definition) is 0. The van der Waals surface area contributed by atoms with Gasteiger partial charge in [0.25, 0.3) is 5.56 Å². The molecule has 0 bridgehead atoms. The summed E-state index contributed by atoms with van der Waals surface area (Å²) in [5.74, 6) is -0.499. The van der Waals surface area contributed by atoms with Crippen molar-refractivity contribution in [2.45, 2.75) is 19.9 Å². The molecule has 2 rings (SSSR count). The van der Waals surface area contributed by atoms with Gasteiger partial charge in [-0.2, -0.15) is 5.10 Å². The average molecular weight is 272 g/mol. The number of esters is 1. The molecule has 0 fully saturated rings. The number of benzene rings is 1. The molecule has 0 amide bonds. The molecule has 2 aromatic rings. The molecule has 5 nitrogen and oxygen atoms in total. The molecule has 5 heteroatoms. The summed E-state index contributed by atoms with van der Waals surface area (Å²) in [4.78, 5) is 23.4. The Kier molecular flexibility index (Phi) is 3.98. The smallest absolute Gasteiger partial charge is 0.330 e. The van der Waals surface area contributed by atoms with Crippen LogP contribution in [0.4, 0.5) is 0 Å². The maximum Gasteiger partial charge on any atom is 0.330 e. The van der Waals surface area contributed by atoms with Crippen LogP contribution in [0.3, 0.4) is 0 Å². The molecule has 1 aromatic carbocycles. The van der Waals surface area contributed by atoms with Gasteiger partial charge < -0.3 is 4.74 Å². The zero-order valence-electron chi connectivity index (χ0n) is 11.7. The van der Waals surface area contributed by atoms with E-state index in [4.69, 9.17) is 0 Å². The Labute approximate surface area is 116 Å². The molecule has 0 aliphatic heterocycles. The van der Waals surface area contributed by atoms with E-state index in [9.17, 15) is 9.59 Å². The van der Waals surface area contributed by atoms with E-state index in [-0.39, 0.29) is 5.56 Å². The van der Waals surface area contributed by atoms with E-state index in [1.807, 2.05) is 31.2 Å². The summed E-state index contributed by atoms with van der Waals surface area (Å²) in [7, 11) is 1.29. The van der Waals surface area contributed by atoms with Crippen molar-refractivity contribution in [3.63, 3.8) is 0 Å². The van der Waals surface area contributed by atoms with E-state index in [1.165, 1.54) is 13.2 Å². The molecule has 0 aliphatic rings. The van der Waals surface area contributed by atoms with Crippen molar-refractivity contribution in [2.24, 2.45) is 0 Å². The number of aryl methyl sites for hydroxylation is 1. The SMILES string of the molecule is COC(=O)[C@@H](C)n1nc(-c2ccccc2C)ccc1=O. The van der Waals surface area contributed by atoms with E-state index in [2.05, 4.69) is 9.84 Å². The Morgan fingerprint density at radius 1 is 1.25 bits per heavy atom. The number of methoxy groups -OCH3 is 1. The van der Waals surface area contributed by atoms with E-state index < -0.39 is 12.0 Å². The van der Waals surface area contributed by atoms with Gasteiger partial charge in [0.15, 0.2) is 6.04 Å². The van der Waals surface area contributed by atoms with Crippen molar-refractivity contribution in [1.29, 1.82) is 0 Å². The highest BCUT2D eigenvalue weighted by Crippen LogP contribution is 2.20. The van der Waals surface area contributed by atoms with Crippen LogP contribution in [0.15, 0.2) is 41.2 Å². The first-order valence-electron chi connectivity index (χ1n) is 6.28. The molecule has 0 aliphatic carbocycles. The largest absolute Gasteiger partial charge is 0.467 e. The lowest BCUT2D eigenvalue weighted by Gasteiger charge is -2.13. The quantitative estimate of drug-likeness (QED) is 0.801. The lowest BCUT2D eigenvalue weighted by molar-refractivity contribution is -0.144. The van der Waals surface area contributed by atoms with E-state index in [0.29, 0.717) is 5.69 Å². The van der Waals surface area contributed by atoms with Gasteiger partial charge in [-0.05, 0) is 25.5 Å². The van der Waals surface area contributed by atoms with Crippen molar-refractivity contribution in [3.8, 4) is 11.3 Å². The van der Waals surface area contributed by atoms with Gasteiger partial charge in [-0.1, -0.05) is 24.3 Å². The minimum atomic E-state index is -0.753. The average Bonchev–Trinajstić information content (AvgIpc) is 2.47. The van der Waals surface area contributed by atoms with Gasteiger partial charge in [-0.3, -0.25) is 4.79 Å². The van der Waals surface area contributed by atoms with Gasteiger partial charge in [0.05, 0.1) is 12.8 Å². The summed E-state index contributed by atoms with van der Waals surface area (Å²) in [6.45, 7) is 3.55. The Bertz CT molecular complexity index is 692. The first kappa shape index (κ1) is 14.0. The van der Waals surface area contributed by atoms with Crippen LogP contribution in [0.2, 0.25) is 0 Å². The highest BCUT2D eigenvalue weighted by molar-refractivity contribution is 5.73. The highest BCUT2D eigenvalue weighted by Gasteiger charge is 2.18. The molecular formula is C15H16N2O3. The summed E-state index contributed by atoms with van der Waals surface area (Å²) >= 11 is 0. The Morgan fingerprint density at radius 2 is 1.95 bits per heavy atom. The first-order valence-corrected chi connectivity index (χ1v) is 6.28. The van der Waals surface area contributed by atoms with Crippen LogP contribution in [0.1, 0.15) is 18.5 Å². The van der Waals surface area contributed by atoms with Crippen molar-refractivity contribution < 1.29 is 9.53 Å². The predicted molar refractivity (Wildman–Crippen MR) is 75.4 cm³/mol. The van der Waals surface area contributed by atoms with E-state index in [0.717, 1.165) is 15.8 Å². The summed E-state index contributed by atoms with van der Waals surface area (Å²) < 4.78 is 5.80. The van der Waals surface area contributed by atoms with Crippen LogP contribution in [-0.2, 0) is 9.53 Å². The molecule has 1 atom stereocenters. The zero-order chi connectivity index (χ0) is 14.7. The number of aromatic nitrogens is 2. The standard InChI is InChI=1S/C15H16N2O3/c1-10-6-4-5-7-12(10)13-8-9-14(18)17(16-13)11(2)15(19)20-3/h4-9,11H,1-3H3/t11-/m1/s1. The number of carbonyl (C=O) groups excluding carboxylic acids is 1. The fourth-order valence-electron chi connectivity index (χ4n) is 1.98. The second-order valence-corrected chi connectivity index (χ2v) is 4.52. The molecule has 0 unspecified atom stereocenters. The molecular weight excluding hydrogens is 256 g/mol. The van der Waals surface area contributed by atoms with Gasteiger partial charge in [-0.25, -0.2) is 9.48 Å². The van der Waals surface area contributed by atoms with Crippen LogP contribution in [0.25, 0.3) is 11.3 Å². The van der Waals surface area contributed by atoms with Crippen molar-refractivity contribution in [3.05, 3.63) is 52.3 Å². The molecule has 1 aromatic heterocycles. The normalized spacial score (nSPS) is 11.9. The summed E-state index contributed by atoms with van der Waals surface area (Å²) in [5, 5.41) is 4.28. The lowest BCUT2D eigenvalue weighted by Crippen LogP contribution is -2.30. The minimum Gasteiger partial charge on any atom is -0.467 e. The lowest BCUT2D eigenvalue weighted by atomic mass is 10.1. The van der Waals surface area contributed by atoms with E-state index >= 15 is 0 Å². The number of ether oxygens (including phenoxy) is 1. The molecule has 20 heavy (non-hydrogen) atoms. The Morgan fingerprint density at radius 3 is 2.60 bits per heavy atom. The maximum absolute atomic E-state index is 11.8. The third kappa shape index (κ3) is 2.61. The Hall–Kier alpha value is -2.43. The number of nitrogens with zero attached hydrogens (tertiary/aromatic N) is 2. The van der Waals surface area contributed by atoms with Crippen LogP contribution < -0.4 is 5.56 Å².